The highest BCUT2D eigenvalue weighted by molar-refractivity contribution is 5.88. The van der Waals surface area contributed by atoms with Crippen molar-refractivity contribution in [2.45, 2.75) is 51.4 Å². The summed E-state index contributed by atoms with van der Waals surface area (Å²) in [5.41, 5.74) is -0.309. The van der Waals surface area contributed by atoms with Crippen LogP contribution >= 0.6 is 0 Å². The molecule has 11 heteroatoms. The van der Waals surface area contributed by atoms with E-state index in [1.54, 1.807) is 14.1 Å². The Morgan fingerprint density at radius 2 is 1.80 bits per heavy atom. The summed E-state index contributed by atoms with van der Waals surface area (Å²) in [6.07, 6.45) is -2.46. The van der Waals surface area contributed by atoms with Gasteiger partial charge in [-0.1, -0.05) is 0 Å². The number of hydrogen-bond donors (Lipinski definition) is 0. The lowest BCUT2D eigenvalue weighted by molar-refractivity contribution is -0.151. The number of nitrogens with zero attached hydrogens (tertiary/aromatic N) is 5. The normalized spacial score (nSPS) is 19.5. The van der Waals surface area contributed by atoms with Crippen LogP contribution in [0.5, 0.6) is 0 Å². The van der Waals surface area contributed by atoms with Crippen LogP contribution in [-0.4, -0.2) is 82.0 Å². The zero-order valence-electron chi connectivity index (χ0n) is 17.3. The van der Waals surface area contributed by atoms with E-state index in [4.69, 9.17) is 0 Å². The fourth-order valence-electron chi connectivity index (χ4n) is 4.13. The number of halogens is 3. The number of rotatable bonds is 3. The van der Waals surface area contributed by atoms with Gasteiger partial charge in [0.25, 0.3) is 0 Å². The van der Waals surface area contributed by atoms with Gasteiger partial charge in [0.2, 0.25) is 17.7 Å². The van der Waals surface area contributed by atoms with E-state index < -0.39 is 23.8 Å². The first-order chi connectivity index (χ1) is 14.0. The molecule has 3 amide bonds. The molecular formula is C19H26F3N5O3. The predicted octanol–water partition coefficient (Wildman–Crippen LogP) is 0.928. The lowest BCUT2D eigenvalue weighted by Gasteiger charge is -2.41. The Labute approximate surface area is 172 Å². The van der Waals surface area contributed by atoms with Gasteiger partial charge in [-0.3, -0.25) is 19.1 Å². The monoisotopic (exact) mass is 429 g/mol. The average molecular weight is 429 g/mol. The second-order valence-corrected chi connectivity index (χ2v) is 7.94. The van der Waals surface area contributed by atoms with E-state index in [9.17, 15) is 27.6 Å². The molecule has 3 rings (SSSR count). The minimum absolute atomic E-state index is 0.0586. The number of carbonyl (C=O) groups is 3. The number of hydrogen-bond acceptors (Lipinski definition) is 4. The van der Waals surface area contributed by atoms with Crippen molar-refractivity contribution in [2.75, 3.05) is 33.7 Å². The van der Waals surface area contributed by atoms with E-state index in [1.807, 2.05) is 0 Å². The molecule has 1 saturated heterocycles. The average Bonchev–Trinajstić information content (AvgIpc) is 3.05. The van der Waals surface area contributed by atoms with Gasteiger partial charge in [0, 0.05) is 45.4 Å². The molecule has 1 aromatic rings. The lowest BCUT2D eigenvalue weighted by Crippen LogP contribution is -2.61. The van der Waals surface area contributed by atoms with Crippen LogP contribution in [0.25, 0.3) is 0 Å². The van der Waals surface area contributed by atoms with Gasteiger partial charge in [0.15, 0.2) is 5.69 Å². The number of alkyl halides is 3. The maximum Gasteiger partial charge on any atom is 0.435 e. The highest BCUT2D eigenvalue weighted by Gasteiger charge is 2.41. The van der Waals surface area contributed by atoms with E-state index in [0.717, 1.165) is 11.1 Å². The predicted molar refractivity (Wildman–Crippen MR) is 100 cm³/mol. The standard InChI is InChI=1S/C19H26F3N5O3/c1-12(28)25-8-9-26(15(10-25)18(30)24(2)3)16(29)11-27-14-7-5-4-6-13(14)17(23-27)19(20,21)22/h15H,4-11H2,1-3H3/t15-/m0/s1. The molecule has 1 fully saturated rings. The smallest absolute Gasteiger partial charge is 0.347 e. The summed E-state index contributed by atoms with van der Waals surface area (Å²) in [6.45, 7) is 1.49. The van der Waals surface area contributed by atoms with Gasteiger partial charge in [0.05, 0.1) is 6.54 Å². The molecule has 166 valence electrons. The zero-order chi connectivity index (χ0) is 22.2. The van der Waals surface area contributed by atoms with E-state index in [0.29, 0.717) is 18.5 Å². The summed E-state index contributed by atoms with van der Waals surface area (Å²) in [5.74, 6) is -1.02. The molecule has 2 heterocycles. The van der Waals surface area contributed by atoms with Gasteiger partial charge >= 0.3 is 6.18 Å². The van der Waals surface area contributed by atoms with E-state index in [2.05, 4.69) is 5.10 Å². The molecule has 1 aliphatic heterocycles. The quantitative estimate of drug-likeness (QED) is 0.716. The summed E-state index contributed by atoms with van der Waals surface area (Å²) in [5, 5.41) is 3.73. The maximum absolute atomic E-state index is 13.4. The molecule has 0 spiro atoms. The van der Waals surface area contributed by atoms with Gasteiger partial charge in [0.1, 0.15) is 12.6 Å². The van der Waals surface area contributed by atoms with Gasteiger partial charge < -0.3 is 14.7 Å². The van der Waals surface area contributed by atoms with Crippen LogP contribution in [0.3, 0.4) is 0 Å². The SMILES string of the molecule is CC(=O)N1CCN(C(=O)Cn2nc(C(F)(F)F)c3c2CCCC3)[C@H](C(=O)N(C)C)C1. The molecule has 0 bridgehead atoms. The molecule has 0 radical (unpaired) electrons. The third kappa shape index (κ3) is 4.29. The number of aromatic nitrogens is 2. The van der Waals surface area contributed by atoms with Crippen molar-refractivity contribution in [1.82, 2.24) is 24.5 Å². The molecule has 0 unspecified atom stereocenters. The van der Waals surface area contributed by atoms with Crippen molar-refractivity contribution in [3.05, 3.63) is 17.0 Å². The Bertz CT molecular complexity index is 849. The second kappa shape index (κ2) is 8.27. The number of piperazine rings is 1. The van der Waals surface area contributed by atoms with Gasteiger partial charge in [-0.2, -0.15) is 18.3 Å². The van der Waals surface area contributed by atoms with Crippen molar-refractivity contribution in [3.8, 4) is 0 Å². The van der Waals surface area contributed by atoms with Crippen LogP contribution in [0.15, 0.2) is 0 Å². The first kappa shape index (κ1) is 22.1. The Balaban J connectivity index is 1.86. The third-order valence-corrected chi connectivity index (χ3v) is 5.68. The summed E-state index contributed by atoms with van der Waals surface area (Å²) in [6, 6.07) is -0.876. The number of carbonyl (C=O) groups excluding carboxylic acids is 3. The van der Waals surface area contributed by atoms with Crippen molar-refractivity contribution < 1.29 is 27.6 Å². The fourth-order valence-corrected chi connectivity index (χ4v) is 4.13. The van der Waals surface area contributed by atoms with Crippen LogP contribution in [0.2, 0.25) is 0 Å². The summed E-state index contributed by atoms with van der Waals surface area (Å²) in [4.78, 5) is 41.6. The largest absolute Gasteiger partial charge is 0.435 e. The van der Waals surface area contributed by atoms with Crippen LogP contribution in [0.4, 0.5) is 13.2 Å². The molecule has 0 N–H and O–H groups in total. The van der Waals surface area contributed by atoms with E-state index >= 15 is 0 Å². The molecule has 2 aliphatic rings. The Morgan fingerprint density at radius 3 is 2.40 bits per heavy atom. The molecule has 8 nitrogen and oxygen atoms in total. The van der Waals surface area contributed by atoms with Crippen LogP contribution in [-0.2, 0) is 39.9 Å². The first-order valence-electron chi connectivity index (χ1n) is 9.92. The summed E-state index contributed by atoms with van der Waals surface area (Å²) in [7, 11) is 3.11. The molecule has 1 aliphatic carbocycles. The summed E-state index contributed by atoms with van der Waals surface area (Å²) >= 11 is 0. The van der Waals surface area contributed by atoms with Gasteiger partial charge in [-0.15, -0.1) is 0 Å². The molecule has 0 aromatic carbocycles. The van der Waals surface area contributed by atoms with Crippen molar-refractivity contribution in [1.29, 1.82) is 0 Å². The first-order valence-corrected chi connectivity index (χ1v) is 9.92. The van der Waals surface area contributed by atoms with Crippen molar-refractivity contribution in [2.24, 2.45) is 0 Å². The van der Waals surface area contributed by atoms with E-state index in [-0.39, 0.29) is 50.0 Å². The minimum Gasteiger partial charge on any atom is -0.347 e. The van der Waals surface area contributed by atoms with Gasteiger partial charge in [-0.05, 0) is 25.7 Å². The number of likely N-dealkylation sites (N-methyl/N-ethyl adjacent to an activating group) is 1. The zero-order valence-corrected chi connectivity index (χ0v) is 17.3. The van der Waals surface area contributed by atoms with Crippen molar-refractivity contribution >= 4 is 17.7 Å². The Morgan fingerprint density at radius 1 is 1.13 bits per heavy atom. The number of amides is 3. The molecule has 0 saturated carbocycles. The molecule has 30 heavy (non-hydrogen) atoms. The minimum atomic E-state index is -4.58. The fraction of sp³-hybridized carbons (Fsp3) is 0.684. The van der Waals surface area contributed by atoms with Crippen LogP contribution in [0, 0.1) is 0 Å². The van der Waals surface area contributed by atoms with Crippen molar-refractivity contribution in [3.63, 3.8) is 0 Å². The second-order valence-electron chi connectivity index (χ2n) is 7.94. The third-order valence-electron chi connectivity index (χ3n) is 5.68. The summed E-state index contributed by atoms with van der Waals surface area (Å²) < 4.78 is 41.3. The van der Waals surface area contributed by atoms with E-state index in [1.165, 1.54) is 21.6 Å². The molecule has 1 aromatic heterocycles. The topological polar surface area (TPSA) is 78.8 Å². The van der Waals surface area contributed by atoms with Gasteiger partial charge in [-0.25, -0.2) is 0 Å². The Kier molecular flexibility index (Phi) is 6.09. The molecule has 1 atom stereocenters. The maximum atomic E-state index is 13.4. The Hall–Kier alpha value is -2.59. The molecular weight excluding hydrogens is 403 g/mol. The lowest BCUT2D eigenvalue weighted by atomic mass is 9.95. The van der Waals surface area contributed by atoms with Crippen LogP contribution < -0.4 is 0 Å². The highest BCUT2D eigenvalue weighted by atomic mass is 19.4. The van der Waals surface area contributed by atoms with Crippen LogP contribution in [0.1, 0.15) is 36.7 Å². The highest BCUT2D eigenvalue weighted by Crippen LogP contribution is 2.35. The number of fused-ring (bicyclic) bond motifs is 1.